The van der Waals surface area contributed by atoms with E-state index in [0.29, 0.717) is 16.2 Å². The number of anilines is 2. The predicted octanol–water partition coefficient (Wildman–Crippen LogP) is 2.14. The molecule has 0 spiro atoms. The largest absolute Gasteiger partial charge is 0.481 e. The summed E-state index contributed by atoms with van der Waals surface area (Å²) in [6.45, 7) is 7.59. The second-order valence-electron chi connectivity index (χ2n) is 14.7. The highest BCUT2D eigenvalue weighted by Crippen LogP contribution is 2.38. The number of carboxylic acid groups (broad SMARTS) is 1. The molecule has 2 atom stereocenters. The highest BCUT2D eigenvalue weighted by atomic mass is 32.2. The molecule has 2 unspecified atom stereocenters. The third-order valence-corrected chi connectivity index (χ3v) is 13.9. The van der Waals surface area contributed by atoms with Crippen LogP contribution in [0.5, 0.6) is 17.5 Å². The Balaban J connectivity index is 0.000000233. The van der Waals surface area contributed by atoms with Crippen molar-refractivity contribution in [1.29, 1.82) is 0 Å². The van der Waals surface area contributed by atoms with Crippen molar-refractivity contribution in [3.05, 3.63) is 53.0 Å². The number of rotatable bonds is 13. The maximum atomic E-state index is 14.5. The van der Waals surface area contributed by atoms with Crippen molar-refractivity contribution in [1.82, 2.24) is 28.6 Å². The molecule has 23 nitrogen and oxygen atoms in total. The van der Waals surface area contributed by atoms with Crippen molar-refractivity contribution in [2.24, 2.45) is 16.1 Å². The van der Waals surface area contributed by atoms with E-state index in [1.807, 2.05) is 4.57 Å². The first-order chi connectivity index (χ1) is 30.3. The lowest BCUT2D eigenvalue weighted by Crippen LogP contribution is -2.39. The Kier molecular flexibility index (Phi) is 16.9. The van der Waals surface area contributed by atoms with Crippen LogP contribution in [0.3, 0.4) is 0 Å². The second kappa shape index (κ2) is 21.3. The average molecular weight is 985 g/mol. The Hall–Kier alpha value is -6.04. The van der Waals surface area contributed by atoms with E-state index >= 15 is 0 Å². The Morgan fingerprint density at radius 2 is 1.85 bits per heavy atom. The van der Waals surface area contributed by atoms with E-state index in [9.17, 15) is 40.2 Å². The van der Waals surface area contributed by atoms with Gasteiger partial charge in [0.15, 0.2) is 34.7 Å². The quantitative estimate of drug-likeness (QED) is 0.0946. The number of hydrogen-bond donors (Lipinski definition) is 5. The van der Waals surface area contributed by atoms with Gasteiger partial charge in [-0.15, -0.1) is 6.42 Å². The Morgan fingerprint density at radius 3 is 2.43 bits per heavy atom. The van der Waals surface area contributed by atoms with E-state index in [2.05, 4.69) is 49.4 Å². The van der Waals surface area contributed by atoms with E-state index in [4.69, 9.17) is 36.4 Å². The lowest BCUT2D eigenvalue weighted by atomic mass is 9.92. The summed E-state index contributed by atoms with van der Waals surface area (Å²) in [5.74, 6) is 1.26. The van der Waals surface area contributed by atoms with Crippen LogP contribution in [0.15, 0.2) is 51.4 Å². The van der Waals surface area contributed by atoms with Gasteiger partial charge in [0.1, 0.15) is 28.2 Å². The number of terminal acetylenes is 1. The second-order valence-corrected chi connectivity index (χ2v) is 21.8. The zero-order valence-corrected chi connectivity index (χ0v) is 39.1. The molecule has 0 saturated carbocycles. The van der Waals surface area contributed by atoms with Gasteiger partial charge in [-0.2, -0.15) is 22.8 Å². The van der Waals surface area contributed by atoms with Crippen molar-refractivity contribution in [2.75, 3.05) is 56.2 Å². The number of ether oxygens (including phenoxy) is 3. The molecule has 2 aliphatic rings. The maximum Gasteiger partial charge on any atom is 0.335 e. The number of benzene rings is 1. The maximum absolute atomic E-state index is 14.5. The Labute approximate surface area is 376 Å². The Morgan fingerprint density at radius 1 is 1.18 bits per heavy atom. The van der Waals surface area contributed by atoms with Gasteiger partial charge in [-0.3, -0.25) is 24.4 Å². The first-order valence-corrected chi connectivity index (χ1v) is 25.1. The number of halogens is 1. The molecule has 6 N–H and O–H groups in total. The molecule has 1 aromatic carbocycles. The topological polar surface area (TPSA) is 327 Å². The molecule has 352 valence electrons. The fourth-order valence-electron chi connectivity index (χ4n) is 5.68. The van der Waals surface area contributed by atoms with Crippen molar-refractivity contribution < 1.29 is 64.4 Å². The van der Waals surface area contributed by atoms with Gasteiger partial charge in [-0.1, -0.05) is 26.7 Å². The van der Waals surface area contributed by atoms with Crippen molar-refractivity contribution >= 4 is 74.0 Å². The molecule has 0 radical (unpaired) electrons. The summed E-state index contributed by atoms with van der Waals surface area (Å²) in [6.07, 6.45) is 7.31. The van der Waals surface area contributed by atoms with Crippen molar-refractivity contribution in [3.8, 4) is 29.9 Å². The molecule has 4 aromatic rings. The molecule has 65 heavy (non-hydrogen) atoms. The van der Waals surface area contributed by atoms with Gasteiger partial charge >= 0.3 is 12.0 Å². The third-order valence-electron chi connectivity index (χ3n) is 8.86. The van der Waals surface area contributed by atoms with Crippen molar-refractivity contribution in [3.63, 3.8) is 0 Å². The summed E-state index contributed by atoms with van der Waals surface area (Å²) < 4.78 is 97.6. The summed E-state index contributed by atoms with van der Waals surface area (Å²) in [4.78, 5) is 60.3. The molecule has 0 fully saturated rings. The highest BCUT2D eigenvalue weighted by Gasteiger charge is 2.32. The SMILES string of the molecule is C#CCN1C(=O)COc2cc(F)c(N=c3snc4n3CC(C)(C)C4)cc21.CCS(=O)(=O)c1cccnc1S(=O)(=O)NC(=O)Nc1nc(OC)cc(OC)n1.CP(=O)(O)CCC(N)C(=O)O. The lowest BCUT2D eigenvalue weighted by molar-refractivity contribution is -0.138. The number of pyridine rings is 1. The average Bonchev–Trinajstić information content (AvgIpc) is 3.75. The van der Waals surface area contributed by atoms with Gasteiger partial charge in [0.2, 0.25) is 22.5 Å². The van der Waals surface area contributed by atoms with Crippen LogP contribution >= 0.6 is 18.9 Å². The number of carbonyl (C=O) groups excluding carboxylic acids is 2. The number of methoxy groups -OCH3 is 2. The smallest absolute Gasteiger partial charge is 0.335 e. The molecule has 2 aliphatic heterocycles. The molecule has 28 heteroatoms. The van der Waals surface area contributed by atoms with Crippen LogP contribution in [0.1, 0.15) is 33.0 Å². The zero-order chi connectivity index (χ0) is 48.5. The molecular formula is C37H46FN10O13PS3. The summed E-state index contributed by atoms with van der Waals surface area (Å²) in [7, 11) is -8.95. The number of fused-ring (bicyclic) bond motifs is 2. The number of nitrogens with two attached hydrogens (primary N) is 1. The van der Waals surface area contributed by atoms with Crippen LogP contribution in [-0.2, 0) is 47.0 Å². The predicted molar refractivity (Wildman–Crippen MR) is 233 cm³/mol. The zero-order valence-electron chi connectivity index (χ0n) is 35.7. The first kappa shape index (κ1) is 51.6. The summed E-state index contributed by atoms with van der Waals surface area (Å²) in [6, 6.07) is 4.20. The summed E-state index contributed by atoms with van der Waals surface area (Å²) >= 11 is 1.24. The molecule has 3 aromatic heterocycles. The van der Waals surface area contributed by atoms with E-state index in [1.54, 1.807) is 4.72 Å². The number of nitrogens with zero attached hydrogens (tertiary/aromatic N) is 7. The third kappa shape index (κ3) is 14.0. The Bertz CT molecular complexity index is 2810. The van der Waals surface area contributed by atoms with E-state index in [0.717, 1.165) is 31.1 Å². The van der Waals surface area contributed by atoms with Gasteiger partial charge in [-0.25, -0.2) is 32.3 Å². The van der Waals surface area contributed by atoms with Crippen LogP contribution in [-0.4, -0.2) is 121 Å². The van der Waals surface area contributed by atoms with Gasteiger partial charge in [0.25, 0.3) is 15.9 Å². The van der Waals surface area contributed by atoms with E-state index < -0.39 is 61.0 Å². The fraction of sp³-hybridized carbons (Fsp3) is 0.405. The highest BCUT2D eigenvalue weighted by molar-refractivity contribution is 7.93. The molecule has 6 rings (SSSR count). The fourth-order valence-corrected chi connectivity index (χ4v) is 9.75. The number of sulfone groups is 1. The van der Waals surface area contributed by atoms with Gasteiger partial charge in [-0.05, 0) is 30.0 Å². The van der Waals surface area contributed by atoms with Gasteiger partial charge in [0.05, 0.1) is 38.3 Å². The van der Waals surface area contributed by atoms with Crippen LogP contribution in [0, 0.1) is 23.6 Å². The lowest BCUT2D eigenvalue weighted by Gasteiger charge is -2.28. The number of hydrogen-bond acceptors (Lipinski definition) is 18. The number of aromatic nitrogens is 5. The monoisotopic (exact) mass is 984 g/mol. The first-order valence-electron chi connectivity index (χ1n) is 18.9. The normalized spacial score (nSPS) is 15.5. The number of sulfonamides is 1. The van der Waals surface area contributed by atoms with Crippen LogP contribution in [0.4, 0.5) is 26.5 Å². The number of nitrogens with one attached hydrogen (secondary N) is 2. The number of carboxylic acids is 1. The number of carbonyl (C=O) groups is 3. The number of aliphatic carboxylic acids is 1. The minimum absolute atomic E-state index is 0.0412. The number of amides is 3. The molecule has 3 amide bonds. The van der Waals surface area contributed by atoms with Crippen LogP contribution in [0.25, 0.3) is 0 Å². The molecule has 5 heterocycles. The molecular weight excluding hydrogens is 939 g/mol. The summed E-state index contributed by atoms with van der Waals surface area (Å²) in [5, 5.41) is 9.59. The van der Waals surface area contributed by atoms with E-state index in [1.165, 1.54) is 68.5 Å². The van der Waals surface area contributed by atoms with E-state index in [-0.39, 0.29) is 66.2 Å². The molecule has 0 bridgehead atoms. The molecule has 0 aliphatic carbocycles. The minimum atomic E-state index is -4.61. The van der Waals surface area contributed by atoms with Crippen LogP contribution in [0.2, 0.25) is 0 Å². The minimum Gasteiger partial charge on any atom is -0.481 e. The van der Waals surface area contributed by atoms with Gasteiger partial charge in [0, 0.05) is 49.6 Å². The van der Waals surface area contributed by atoms with Crippen LogP contribution < -0.4 is 39.7 Å². The standard InChI is InChI=1S/C18H17FN4O2S.C14H17N5O7S2.C5H12NO4P/c1-4-5-22-13-7-12(11(19)6-14(13)25-9-16(22)24)20-17-23-10-18(2,3)8-15(23)21-26-17;1-4-27(21,22)9-6-5-7-15-12(9)28(23,24)19-14(20)18-13-16-10(25-2)8-11(17-13)26-3;1-11(9,10)3-2-4(6)5(7)8/h1,6-7H,5,8-10H2,2-3H3;5-8H,4H2,1-3H3,(H2,16,17,18,19,20);4H,2-3,6H2,1H3,(H,7,8)(H,9,10). The van der Waals surface area contributed by atoms with Gasteiger partial charge < -0.3 is 34.5 Å². The number of urea groups is 1. The summed E-state index contributed by atoms with van der Waals surface area (Å²) in [5.41, 5.74) is 5.77. The van der Waals surface area contributed by atoms with Crippen molar-refractivity contribution in [2.45, 2.75) is 56.1 Å². The molecule has 0 saturated heterocycles.